The van der Waals surface area contributed by atoms with Gasteiger partial charge in [-0.1, -0.05) is 37.3 Å². The summed E-state index contributed by atoms with van der Waals surface area (Å²) in [5.74, 6) is 0.634. The molecule has 0 aliphatic heterocycles. The summed E-state index contributed by atoms with van der Waals surface area (Å²) >= 11 is 1.61. The van der Waals surface area contributed by atoms with Crippen LogP contribution in [0.25, 0.3) is 0 Å². The fraction of sp³-hybridized carbons (Fsp3) is 0.278. The number of anilines is 1. The van der Waals surface area contributed by atoms with Crippen LogP contribution in [-0.2, 0) is 4.79 Å². The summed E-state index contributed by atoms with van der Waals surface area (Å²) in [6.07, 6.45) is 2.10. The largest absolute Gasteiger partial charge is 0.480 e. The number of para-hydroxylation sites is 2. The summed E-state index contributed by atoms with van der Waals surface area (Å²) in [5.41, 5.74) is 1.85. The van der Waals surface area contributed by atoms with E-state index in [1.54, 1.807) is 11.8 Å². The number of carbonyl (C=O) groups is 1. The molecule has 0 fully saturated rings. The van der Waals surface area contributed by atoms with Crippen molar-refractivity contribution < 1.29 is 9.53 Å². The molecule has 3 nitrogen and oxygen atoms in total. The minimum atomic E-state index is -0.504. The van der Waals surface area contributed by atoms with E-state index in [4.69, 9.17) is 4.74 Å². The molecule has 2 rings (SSSR count). The number of hydrogen-bond acceptors (Lipinski definition) is 3. The predicted molar refractivity (Wildman–Crippen MR) is 92.7 cm³/mol. The van der Waals surface area contributed by atoms with Gasteiger partial charge in [-0.2, -0.15) is 0 Å². The summed E-state index contributed by atoms with van der Waals surface area (Å²) in [6.45, 7) is 3.92. The molecule has 116 valence electrons. The van der Waals surface area contributed by atoms with Crippen LogP contribution in [0.3, 0.4) is 0 Å². The van der Waals surface area contributed by atoms with Gasteiger partial charge in [-0.05, 0) is 43.4 Å². The molecule has 0 saturated carbocycles. The summed E-state index contributed by atoms with van der Waals surface area (Å²) in [4.78, 5) is 13.5. The van der Waals surface area contributed by atoms with Crippen molar-refractivity contribution in [2.45, 2.75) is 31.3 Å². The van der Waals surface area contributed by atoms with Gasteiger partial charge in [0, 0.05) is 4.90 Å². The van der Waals surface area contributed by atoms with Gasteiger partial charge in [0.25, 0.3) is 5.91 Å². The minimum Gasteiger partial charge on any atom is -0.480 e. The standard InChI is InChI=1S/C18H21NO2S/c1-4-15(21-16-11-7-5-9-13(16)2)18(20)19-14-10-6-8-12-17(14)22-3/h5-12,15H,4H2,1-3H3,(H,19,20). The second-order valence-corrected chi connectivity index (χ2v) is 5.82. The van der Waals surface area contributed by atoms with Crippen LogP contribution in [0.15, 0.2) is 53.4 Å². The normalized spacial score (nSPS) is 11.8. The number of aryl methyl sites for hydroxylation is 1. The first-order valence-corrected chi connectivity index (χ1v) is 8.54. The first-order valence-electron chi connectivity index (χ1n) is 7.32. The van der Waals surface area contributed by atoms with Gasteiger partial charge in [-0.15, -0.1) is 11.8 Å². The Balaban J connectivity index is 2.11. The van der Waals surface area contributed by atoms with Crippen LogP contribution in [0.1, 0.15) is 18.9 Å². The number of ether oxygens (including phenoxy) is 1. The number of rotatable bonds is 6. The monoisotopic (exact) mass is 315 g/mol. The highest BCUT2D eigenvalue weighted by molar-refractivity contribution is 7.98. The smallest absolute Gasteiger partial charge is 0.265 e. The van der Waals surface area contributed by atoms with Crippen LogP contribution in [0.4, 0.5) is 5.69 Å². The number of carbonyl (C=O) groups excluding carboxylic acids is 1. The second kappa shape index (κ2) is 7.90. The van der Waals surface area contributed by atoms with Crippen LogP contribution < -0.4 is 10.1 Å². The van der Waals surface area contributed by atoms with E-state index in [0.717, 1.165) is 21.9 Å². The number of benzene rings is 2. The Bertz CT molecular complexity index is 642. The van der Waals surface area contributed by atoms with E-state index in [1.807, 2.05) is 68.6 Å². The highest BCUT2D eigenvalue weighted by Gasteiger charge is 2.20. The summed E-state index contributed by atoms with van der Waals surface area (Å²) in [6, 6.07) is 15.5. The lowest BCUT2D eigenvalue weighted by atomic mass is 10.2. The van der Waals surface area contributed by atoms with Crippen LogP contribution in [0.2, 0.25) is 0 Å². The van der Waals surface area contributed by atoms with Gasteiger partial charge in [-0.25, -0.2) is 0 Å². The maximum atomic E-state index is 12.5. The maximum Gasteiger partial charge on any atom is 0.265 e. The SMILES string of the molecule is CCC(Oc1ccccc1C)C(=O)Nc1ccccc1SC. The molecule has 0 bridgehead atoms. The van der Waals surface area contributed by atoms with E-state index in [0.29, 0.717) is 6.42 Å². The van der Waals surface area contributed by atoms with Crippen molar-refractivity contribution in [2.75, 3.05) is 11.6 Å². The fourth-order valence-electron chi connectivity index (χ4n) is 2.13. The Morgan fingerprint density at radius 2 is 1.86 bits per heavy atom. The average Bonchev–Trinajstić information content (AvgIpc) is 2.54. The van der Waals surface area contributed by atoms with Crippen LogP contribution >= 0.6 is 11.8 Å². The highest BCUT2D eigenvalue weighted by Crippen LogP contribution is 2.25. The van der Waals surface area contributed by atoms with E-state index >= 15 is 0 Å². The lowest BCUT2D eigenvalue weighted by molar-refractivity contribution is -0.122. The van der Waals surface area contributed by atoms with Crippen molar-refractivity contribution in [2.24, 2.45) is 0 Å². The molecule has 2 aromatic rings. The summed E-state index contributed by atoms with van der Waals surface area (Å²) < 4.78 is 5.88. The predicted octanol–water partition coefficient (Wildman–Crippen LogP) is 4.51. The van der Waals surface area contributed by atoms with Gasteiger partial charge < -0.3 is 10.1 Å². The van der Waals surface area contributed by atoms with Crippen LogP contribution in [0, 0.1) is 6.92 Å². The molecule has 22 heavy (non-hydrogen) atoms. The Labute approximate surface area is 136 Å². The topological polar surface area (TPSA) is 38.3 Å². The van der Waals surface area contributed by atoms with E-state index in [1.165, 1.54) is 0 Å². The van der Waals surface area contributed by atoms with Crippen molar-refractivity contribution in [3.63, 3.8) is 0 Å². The fourth-order valence-corrected chi connectivity index (χ4v) is 2.68. The Morgan fingerprint density at radius 3 is 2.55 bits per heavy atom. The molecule has 4 heteroatoms. The number of hydrogen-bond donors (Lipinski definition) is 1. The summed E-state index contributed by atoms with van der Waals surface area (Å²) in [7, 11) is 0. The van der Waals surface area contributed by atoms with E-state index in [9.17, 15) is 4.79 Å². The molecule has 0 heterocycles. The second-order valence-electron chi connectivity index (χ2n) is 4.97. The average molecular weight is 315 g/mol. The van der Waals surface area contributed by atoms with Crippen molar-refractivity contribution in [3.8, 4) is 5.75 Å². The number of amides is 1. The first-order chi connectivity index (χ1) is 10.7. The third-order valence-corrected chi connectivity index (χ3v) is 4.19. The molecule has 1 N–H and O–H groups in total. The minimum absolute atomic E-state index is 0.118. The quantitative estimate of drug-likeness (QED) is 0.797. The zero-order valence-electron chi connectivity index (χ0n) is 13.1. The molecule has 0 aliphatic rings. The van der Waals surface area contributed by atoms with Gasteiger partial charge in [0.1, 0.15) is 5.75 Å². The number of thioether (sulfide) groups is 1. The zero-order valence-corrected chi connectivity index (χ0v) is 13.9. The highest BCUT2D eigenvalue weighted by atomic mass is 32.2. The number of nitrogens with one attached hydrogen (secondary N) is 1. The Morgan fingerprint density at radius 1 is 1.18 bits per heavy atom. The molecule has 1 amide bonds. The van der Waals surface area contributed by atoms with Gasteiger partial charge in [0.05, 0.1) is 5.69 Å². The molecule has 1 atom stereocenters. The molecular weight excluding hydrogens is 294 g/mol. The van der Waals surface area contributed by atoms with Gasteiger partial charge in [-0.3, -0.25) is 4.79 Å². The van der Waals surface area contributed by atoms with Gasteiger partial charge >= 0.3 is 0 Å². The van der Waals surface area contributed by atoms with Crippen molar-refractivity contribution in [3.05, 3.63) is 54.1 Å². The van der Waals surface area contributed by atoms with Crippen LogP contribution in [-0.4, -0.2) is 18.3 Å². The van der Waals surface area contributed by atoms with Gasteiger partial charge in [0.15, 0.2) is 6.10 Å². The third-order valence-electron chi connectivity index (χ3n) is 3.39. The lowest BCUT2D eigenvalue weighted by Gasteiger charge is -2.19. The Kier molecular flexibility index (Phi) is 5.90. The molecule has 0 aliphatic carbocycles. The molecule has 0 aromatic heterocycles. The summed E-state index contributed by atoms with van der Waals surface area (Å²) in [5, 5.41) is 2.97. The van der Waals surface area contributed by atoms with E-state index in [2.05, 4.69) is 5.32 Å². The van der Waals surface area contributed by atoms with Crippen LogP contribution in [0.5, 0.6) is 5.75 Å². The molecule has 0 spiro atoms. The van der Waals surface area contributed by atoms with Crippen molar-refractivity contribution in [1.29, 1.82) is 0 Å². The van der Waals surface area contributed by atoms with Crippen molar-refractivity contribution >= 4 is 23.4 Å². The van der Waals surface area contributed by atoms with E-state index in [-0.39, 0.29) is 5.91 Å². The lowest BCUT2D eigenvalue weighted by Crippen LogP contribution is -2.32. The maximum absolute atomic E-state index is 12.5. The third kappa shape index (κ3) is 4.04. The molecule has 0 radical (unpaired) electrons. The molecule has 2 aromatic carbocycles. The molecular formula is C18H21NO2S. The molecule has 1 unspecified atom stereocenters. The van der Waals surface area contributed by atoms with Crippen molar-refractivity contribution in [1.82, 2.24) is 0 Å². The van der Waals surface area contributed by atoms with Gasteiger partial charge in [0.2, 0.25) is 0 Å². The van der Waals surface area contributed by atoms with E-state index < -0.39 is 6.10 Å². The Hall–Kier alpha value is -1.94. The molecule has 0 saturated heterocycles. The first kappa shape index (κ1) is 16.4. The zero-order chi connectivity index (χ0) is 15.9.